The van der Waals surface area contributed by atoms with E-state index in [1.165, 1.54) is 22.2 Å². The van der Waals surface area contributed by atoms with Gasteiger partial charge in [0.15, 0.2) is 5.03 Å². The van der Waals surface area contributed by atoms with Crippen LogP contribution in [0.1, 0.15) is 13.3 Å². The van der Waals surface area contributed by atoms with E-state index in [0.29, 0.717) is 6.42 Å². The SMILES string of the molecule is CC1CC(C(=O)O)CN(S(=O)(=O)c2c(Cl)cnn2C)C1. The first-order valence-electron chi connectivity index (χ1n) is 6.14. The first kappa shape index (κ1) is 15.3. The van der Waals surface area contributed by atoms with Crippen LogP contribution in [0.2, 0.25) is 5.02 Å². The predicted octanol–water partition coefficient (Wildman–Crippen LogP) is 0.805. The van der Waals surface area contributed by atoms with Crippen LogP contribution in [-0.4, -0.2) is 46.7 Å². The molecule has 112 valence electrons. The summed E-state index contributed by atoms with van der Waals surface area (Å²) >= 11 is 5.88. The van der Waals surface area contributed by atoms with Crippen LogP contribution in [0.4, 0.5) is 0 Å². The zero-order valence-corrected chi connectivity index (χ0v) is 12.7. The van der Waals surface area contributed by atoms with Crippen molar-refractivity contribution in [3.63, 3.8) is 0 Å². The zero-order chi connectivity index (χ0) is 15.1. The topological polar surface area (TPSA) is 92.5 Å². The number of rotatable bonds is 3. The van der Waals surface area contributed by atoms with Crippen LogP contribution in [-0.2, 0) is 21.9 Å². The number of piperidine rings is 1. The average Bonchev–Trinajstić information content (AvgIpc) is 2.68. The Bertz CT molecular complexity index is 608. The molecule has 1 aromatic heterocycles. The van der Waals surface area contributed by atoms with E-state index >= 15 is 0 Å². The highest BCUT2D eigenvalue weighted by atomic mass is 35.5. The van der Waals surface area contributed by atoms with Crippen LogP contribution in [0.15, 0.2) is 11.2 Å². The molecule has 0 aliphatic carbocycles. The van der Waals surface area contributed by atoms with Crippen molar-refractivity contribution in [2.24, 2.45) is 18.9 Å². The van der Waals surface area contributed by atoms with Gasteiger partial charge in [0.1, 0.15) is 0 Å². The Morgan fingerprint density at radius 2 is 2.15 bits per heavy atom. The summed E-state index contributed by atoms with van der Waals surface area (Å²) in [7, 11) is -2.35. The van der Waals surface area contributed by atoms with Gasteiger partial charge in [-0.05, 0) is 12.3 Å². The standard InChI is InChI=1S/C11H16ClN3O4S/c1-7-3-8(11(16)17)6-15(5-7)20(18,19)10-9(12)4-13-14(10)2/h4,7-8H,3,5-6H2,1-2H3,(H,16,17). The number of carbonyl (C=O) groups is 1. The smallest absolute Gasteiger partial charge is 0.307 e. The minimum absolute atomic E-state index is 0.0216. The number of hydrogen-bond acceptors (Lipinski definition) is 4. The van der Waals surface area contributed by atoms with Gasteiger partial charge in [-0.1, -0.05) is 18.5 Å². The highest BCUT2D eigenvalue weighted by Crippen LogP contribution is 2.29. The first-order chi connectivity index (χ1) is 9.23. The van der Waals surface area contributed by atoms with Crippen molar-refractivity contribution in [1.82, 2.24) is 14.1 Å². The van der Waals surface area contributed by atoms with E-state index in [1.54, 1.807) is 0 Å². The molecule has 2 rings (SSSR count). The summed E-state index contributed by atoms with van der Waals surface area (Å²) in [5, 5.41) is 12.9. The van der Waals surface area contributed by atoms with Gasteiger partial charge in [-0.2, -0.15) is 9.40 Å². The summed E-state index contributed by atoms with van der Waals surface area (Å²) in [6, 6.07) is 0. The Morgan fingerprint density at radius 1 is 1.50 bits per heavy atom. The predicted molar refractivity (Wildman–Crippen MR) is 71.9 cm³/mol. The number of carboxylic acids is 1. The minimum atomic E-state index is -3.84. The lowest BCUT2D eigenvalue weighted by Gasteiger charge is -2.33. The molecule has 1 saturated heterocycles. The Labute approximate surface area is 122 Å². The summed E-state index contributed by atoms with van der Waals surface area (Å²) in [4.78, 5) is 11.1. The van der Waals surface area contributed by atoms with Crippen molar-refractivity contribution in [3.8, 4) is 0 Å². The number of aromatic nitrogens is 2. The maximum absolute atomic E-state index is 12.6. The normalized spacial score (nSPS) is 24.8. The Morgan fingerprint density at radius 3 is 2.65 bits per heavy atom. The van der Waals surface area contributed by atoms with E-state index in [2.05, 4.69) is 5.10 Å². The third kappa shape index (κ3) is 2.68. The maximum atomic E-state index is 12.6. The van der Waals surface area contributed by atoms with Gasteiger partial charge in [0.2, 0.25) is 0 Å². The molecule has 0 amide bonds. The van der Waals surface area contributed by atoms with E-state index in [-0.39, 0.29) is 29.1 Å². The third-order valence-electron chi connectivity index (χ3n) is 3.40. The fourth-order valence-corrected chi connectivity index (χ4v) is 4.70. The molecule has 1 fully saturated rings. The second-order valence-corrected chi connectivity index (χ2v) is 7.38. The Balaban J connectivity index is 2.37. The highest BCUT2D eigenvalue weighted by Gasteiger charge is 2.38. The largest absolute Gasteiger partial charge is 0.481 e. The van der Waals surface area contributed by atoms with Gasteiger partial charge in [-0.15, -0.1) is 0 Å². The monoisotopic (exact) mass is 321 g/mol. The van der Waals surface area contributed by atoms with Gasteiger partial charge in [0.05, 0.1) is 17.1 Å². The molecule has 1 aliphatic heterocycles. The lowest BCUT2D eigenvalue weighted by atomic mass is 9.92. The van der Waals surface area contributed by atoms with Gasteiger partial charge >= 0.3 is 5.97 Å². The van der Waals surface area contributed by atoms with E-state index < -0.39 is 21.9 Å². The molecule has 1 N–H and O–H groups in total. The average molecular weight is 322 g/mol. The molecule has 0 spiro atoms. The van der Waals surface area contributed by atoms with Crippen LogP contribution >= 0.6 is 11.6 Å². The summed E-state index contributed by atoms with van der Waals surface area (Å²) in [6.07, 6.45) is 1.73. The minimum Gasteiger partial charge on any atom is -0.481 e. The van der Waals surface area contributed by atoms with E-state index in [1.807, 2.05) is 6.92 Å². The molecule has 2 atom stereocenters. The van der Waals surface area contributed by atoms with Gasteiger partial charge in [0, 0.05) is 20.1 Å². The molecular weight excluding hydrogens is 306 g/mol. The summed E-state index contributed by atoms with van der Waals surface area (Å²) in [6.45, 7) is 2.08. The molecule has 0 bridgehead atoms. The molecule has 1 aliphatic rings. The molecule has 7 nitrogen and oxygen atoms in total. The zero-order valence-electron chi connectivity index (χ0n) is 11.2. The van der Waals surface area contributed by atoms with Crippen molar-refractivity contribution >= 4 is 27.6 Å². The molecule has 2 heterocycles. The molecule has 1 aromatic rings. The molecule has 0 radical (unpaired) electrons. The second kappa shape index (κ2) is 5.34. The Hall–Kier alpha value is -1.12. The lowest BCUT2D eigenvalue weighted by molar-refractivity contribution is -0.143. The van der Waals surface area contributed by atoms with Gasteiger partial charge in [-0.3, -0.25) is 9.48 Å². The lowest BCUT2D eigenvalue weighted by Crippen LogP contribution is -2.45. The summed E-state index contributed by atoms with van der Waals surface area (Å²) < 4.78 is 27.6. The molecule has 9 heteroatoms. The van der Waals surface area contributed by atoms with Crippen LogP contribution < -0.4 is 0 Å². The number of carboxylic acid groups (broad SMARTS) is 1. The first-order valence-corrected chi connectivity index (χ1v) is 7.95. The molecule has 2 unspecified atom stereocenters. The van der Waals surface area contributed by atoms with Gasteiger partial charge in [-0.25, -0.2) is 8.42 Å². The quantitative estimate of drug-likeness (QED) is 0.889. The number of halogens is 1. The number of nitrogens with zero attached hydrogens (tertiary/aromatic N) is 3. The number of aryl methyl sites for hydroxylation is 1. The number of hydrogen-bond donors (Lipinski definition) is 1. The van der Waals surface area contributed by atoms with Crippen LogP contribution in [0.5, 0.6) is 0 Å². The summed E-state index contributed by atoms with van der Waals surface area (Å²) in [5.41, 5.74) is 0. The fraction of sp³-hybridized carbons (Fsp3) is 0.636. The maximum Gasteiger partial charge on any atom is 0.307 e. The Kier molecular flexibility index (Phi) is 4.08. The van der Waals surface area contributed by atoms with Crippen LogP contribution in [0.25, 0.3) is 0 Å². The number of aliphatic carboxylic acids is 1. The third-order valence-corrected chi connectivity index (χ3v) is 5.74. The second-order valence-electron chi connectivity index (χ2n) is 5.12. The fourth-order valence-electron chi connectivity index (χ4n) is 2.49. The highest BCUT2D eigenvalue weighted by molar-refractivity contribution is 7.89. The van der Waals surface area contributed by atoms with E-state index in [4.69, 9.17) is 16.7 Å². The van der Waals surface area contributed by atoms with Crippen molar-refractivity contribution in [2.45, 2.75) is 18.4 Å². The van der Waals surface area contributed by atoms with Crippen molar-refractivity contribution in [1.29, 1.82) is 0 Å². The summed E-state index contributed by atoms with van der Waals surface area (Å²) in [5.74, 6) is -1.69. The van der Waals surface area contributed by atoms with Crippen molar-refractivity contribution in [2.75, 3.05) is 13.1 Å². The van der Waals surface area contributed by atoms with E-state index in [9.17, 15) is 13.2 Å². The molecular formula is C11H16ClN3O4S. The number of sulfonamides is 1. The van der Waals surface area contributed by atoms with Crippen molar-refractivity contribution < 1.29 is 18.3 Å². The van der Waals surface area contributed by atoms with Gasteiger partial charge < -0.3 is 5.11 Å². The van der Waals surface area contributed by atoms with Crippen LogP contribution in [0, 0.1) is 11.8 Å². The van der Waals surface area contributed by atoms with E-state index in [0.717, 1.165) is 0 Å². The van der Waals surface area contributed by atoms with Crippen molar-refractivity contribution in [3.05, 3.63) is 11.2 Å². The van der Waals surface area contributed by atoms with Crippen LogP contribution in [0.3, 0.4) is 0 Å². The van der Waals surface area contributed by atoms with Gasteiger partial charge in [0.25, 0.3) is 10.0 Å². The molecule has 0 saturated carbocycles. The molecule has 20 heavy (non-hydrogen) atoms. The molecule has 0 aromatic carbocycles.